The minimum atomic E-state index is -0.281. The van der Waals surface area contributed by atoms with Crippen LogP contribution in [-0.2, 0) is 18.0 Å². The van der Waals surface area contributed by atoms with Gasteiger partial charge in [-0.05, 0) is 42.0 Å². The van der Waals surface area contributed by atoms with Crippen molar-refractivity contribution in [2.45, 2.75) is 13.2 Å². The van der Waals surface area contributed by atoms with Crippen molar-refractivity contribution >= 4 is 34.8 Å². The van der Waals surface area contributed by atoms with Gasteiger partial charge in [0.25, 0.3) is 5.91 Å². The minimum Gasteiger partial charge on any atom is -0.496 e. The first-order chi connectivity index (χ1) is 13.6. The second kappa shape index (κ2) is 9.60. The molecule has 144 valence electrons. The lowest BCUT2D eigenvalue weighted by Crippen LogP contribution is -2.13. The lowest BCUT2D eigenvalue weighted by Gasteiger charge is -2.12. The standard InChI is InChI=1S/C22H19Cl2NO3/c1-27-21-10-7-16(22(26)25-20-9-8-18(23)12-19(20)24)11-17(21)14-28-13-15-5-3-2-4-6-15/h2-12H,13-14H2,1H3,(H,25,26). The van der Waals surface area contributed by atoms with Crippen LogP contribution in [0.15, 0.2) is 66.7 Å². The monoisotopic (exact) mass is 415 g/mol. The van der Waals surface area contributed by atoms with Gasteiger partial charge in [-0.2, -0.15) is 0 Å². The molecule has 0 aliphatic heterocycles. The molecule has 0 saturated heterocycles. The molecule has 3 aromatic rings. The van der Waals surface area contributed by atoms with E-state index in [0.717, 1.165) is 11.1 Å². The number of halogens is 2. The molecule has 0 saturated carbocycles. The number of hydrogen-bond donors (Lipinski definition) is 1. The summed E-state index contributed by atoms with van der Waals surface area (Å²) in [5.41, 5.74) is 2.83. The number of benzene rings is 3. The summed E-state index contributed by atoms with van der Waals surface area (Å²) in [5, 5.41) is 3.67. The van der Waals surface area contributed by atoms with Gasteiger partial charge in [0.1, 0.15) is 5.75 Å². The van der Waals surface area contributed by atoms with Crippen LogP contribution in [0.1, 0.15) is 21.5 Å². The Bertz CT molecular complexity index is 961. The maximum Gasteiger partial charge on any atom is 0.255 e. The molecular weight excluding hydrogens is 397 g/mol. The molecule has 0 unspecified atom stereocenters. The van der Waals surface area contributed by atoms with E-state index in [1.807, 2.05) is 30.3 Å². The van der Waals surface area contributed by atoms with Gasteiger partial charge in [-0.25, -0.2) is 0 Å². The number of amides is 1. The summed E-state index contributed by atoms with van der Waals surface area (Å²) in [7, 11) is 1.59. The van der Waals surface area contributed by atoms with E-state index >= 15 is 0 Å². The zero-order chi connectivity index (χ0) is 19.9. The molecule has 0 atom stereocenters. The van der Waals surface area contributed by atoms with Gasteiger partial charge < -0.3 is 14.8 Å². The SMILES string of the molecule is COc1ccc(C(=O)Nc2ccc(Cl)cc2Cl)cc1COCc1ccccc1. The molecule has 3 aromatic carbocycles. The zero-order valence-electron chi connectivity index (χ0n) is 15.2. The number of methoxy groups -OCH3 is 1. The normalized spacial score (nSPS) is 10.5. The van der Waals surface area contributed by atoms with Crippen molar-refractivity contribution < 1.29 is 14.3 Å². The van der Waals surface area contributed by atoms with E-state index in [0.29, 0.717) is 40.3 Å². The van der Waals surface area contributed by atoms with Gasteiger partial charge >= 0.3 is 0 Å². The summed E-state index contributed by atoms with van der Waals surface area (Å²) in [6, 6.07) is 20.0. The number of nitrogens with one attached hydrogen (secondary N) is 1. The molecular formula is C22H19Cl2NO3. The predicted molar refractivity (Wildman–Crippen MR) is 112 cm³/mol. The molecule has 1 amide bonds. The molecule has 0 spiro atoms. The van der Waals surface area contributed by atoms with Crippen LogP contribution in [-0.4, -0.2) is 13.0 Å². The Hall–Kier alpha value is -2.53. The van der Waals surface area contributed by atoms with Crippen LogP contribution < -0.4 is 10.1 Å². The topological polar surface area (TPSA) is 47.6 Å². The molecule has 0 bridgehead atoms. The zero-order valence-corrected chi connectivity index (χ0v) is 16.8. The molecule has 0 aliphatic rings. The number of ether oxygens (including phenoxy) is 2. The third-order valence-corrected chi connectivity index (χ3v) is 4.64. The Labute approximate surface area is 174 Å². The average Bonchev–Trinajstić information content (AvgIpc) is 2.70. The van der Waals surface area contributed by atoms with Crippen molar-refractivity contribution in [2.75, 3.05) is 12.4 Å². The number of anilines is 1. The van der Waals surface area contributed by atoms with Crippen molar-refractivity contribution in [3.05, 3.63) is 93.5 Å². The fraction of sp³-hybridized carbons (Fsp3) is 0.136. The first-order valence-corrected chi connectivity index (χ1v) is 9.37. The molecule has 4 nitrogen and oxygen atoms in total. The third kappa shape index (κ3) is 5.26. The van der Waals surface area contributed by atoms with Gasteiger partial charge in [0.05, 0.1) is 31.0 Å². The summed E-state index contributed by atoms with van der Waals surface area (Å²) in [5.74, 6) is 0.380. The summed E-state index contributed by atoms with van der Waals surface area (Å²) in [4.78, 5) is 12.6. The highest BCUT2D eigenvalue weighted by molar-refractivity contribution is 6.36. The average molecular weight is 416 g/mol. The van der Waals surface area contributed by atoms with E-state index in [9.17, 15) is 4.79 Å². The molecule has 28 heavy (non-hydrogen) atoms. The number of carbonyl (C=O) groups is 1. The molecule has 0 heterocycles. The highest BCUT2D eigenvalue weighted by Gasteiger charge is 2.12. The van der Waals surface area contributed by atoms with E-state index in [1.54, 1.807) is 43.5 Å². The Balaban J connectivity index is 1.71. The molecule has 0 fully saturated rings. The molecule has 3 rings (SSSR count). The maximum atomic E-state index is 12.6. The molecule has 6 heteroatoms. The van der Waals surface area contributed by atoms with Crippen LogP contribution in [0.4, 0.5) is 5.69 Å². The van der Waals surface area contributed by atoms with Crippen molar-refractivity contribution in [3.8, 4) is 5.75 Å². The Morgan fingerprint density at radius 1 is 0.964 bits per heavy atom. The molecule has 0 aromatic heterocycles. The number of carbonyl (C=O) groups excluding carboxylic acids is 1. The maximum absolute atomic E-state index is 12.6. The number of hydrogen-bond acceptors (Lipinski definition) is 3. The number of rotatable bonds is 7. The van der Waals surface area contributed by atoms with Crippen LogP contribution in [0.5, 0.6) is 5.75 Å². The van der Waals surface area contributed by atoms with Gasteiger partial charge in [-0.1, -0.05) is 53.5 Å². The molecule has 0 radical (unpaired) electrons. The van der Waals surface area contributed by atoms with Gasteiger partial charge in [0.15, 0.2) is 0 Å². The van der Waals surface area contributed by atoms with Gasteiger partial charge in [0.2, 0.25) is 0 Å². The summed E-state index contributed by atoms with van der Waals surface area (Å²) < 4.78 is 11.2. The lowest BCUT2D eigenvalue weighted by molar-refractivity contribution is 0.102. The second-order valence-electron chi connectivity index (χ2n) is 6.08. The highest BCUT2D eigenvalue weighted by atomic mass is 35.5. The lowest BCUT2D eigenvalue weighted by atomic mass is 10.1. The summed E-state index contributed by atoms with van der Waals surface area (Å²) in [6.45, 7) is 0.793. The van der Waals surface area contributed by atoms with E-state index < -0.39 is 0 Å². The van der Waals surface area contributed by atoms with E-state index in [4.69, 9.17) is 32.7 Å². The minimum absolute atomic E-state index is 0.281. The Morgan fingerprint density at radius 3 is 2.46 bits per heavy atom. The van der Waals surface area contributed by atoms with Crippen LogP contribution in [0, 0.1) is 0 Å². The van der Waals surface area contributed by atoms with Crippen LogP contribution in [0.25, 0.3) is 0 Å². The van der Waals surface area contributed by atoms with Crippen LogP contribution >= 0.6 is 23.2 Å². The van der Waals surface area contributed by atoms with E-state index in [1.165, 1.54) is 0 Å². The quantitative estimate of drug-likeness (QED) is 0.516. The molecule has 1 N–H and O–H groups in total. The van der Waals surface area contributed by atoms with Gasteiger partial charge in [-0.3, -0.25) is 4.79 Å². The largest absolute Gasteiger partial charge is 0.496 e. The second-order valence-corrected chi connectivity index (χ2v) is 6.93. The van der Waals surface area contributed by atoms with Crippen molar-refractivity contribution in [2.24, 2.45) is 0 Å². The summed E-state index contributed by atoms with van der Waals surface area (Å²) in [6.07, 6.45) is 0. The smallest absolute Gasteiger partial charge is 0.255 e. The van der Waals surface area contributed by atoms with Gasteiger partial charge in [-0.15, -0.1) is 0 Å². The van der Waals surface area contributed by atoms with E-state index in [2.05, 4.69) is 5.32 Å². The third-order valence-electron chi connectivity index (χ3n) is 4.09. The summed E-state index contributed by atoms with van der Waals surface area (Å²) >= 11 is 12.0. The van der Waals surface area contributed by atoms with E-state index in [-0.39, 0.29) is 5.91 Å². The van der Waals surface area contributed by atoms with Crippen molar-refractivity contribution in [3.63, 3.8) is 0 Å². The first-order valence-electron chi connectivity index (χ1n) is 8.62. The fourth-order valence-electron chi connectivity index (χ4n) is 2.67. The molecule has 0 aliphatic carbocycles. The van der Waals surface area contributed by atoms with Gasteiger partial charge in [0, 0.05) is 16.1 Å². The first kappa shape index (κ1) is 20.2. The highest BCUT2D eigenvalue weighted by Crippen LogP contribution is 2.27. The van der Waals surface area contributed by atoms with Crippen LogP contribution in [0.2, 0.25) is 10.0 Å². The van der Waals surface area contributed by atoms with Crippen molar-refractivity contribution in [1.29, 1.82) is 0 Å². The van der Waals surface area contributed by atoms with Crippen LogP contribution in [0.3, 0.4) is 0 Å². The fourth-order valence-corrected chi connectivity index (χ4v) is 3.13. The Kier molecular flexibility index (Phi) is 6.93. The van der Waals surface area contributed by atoms with Crippen molar-refractivity contribution in [1.82, 2.24) is 0 Å². The predicted octanol–water partition coefficient (Wildman–Crippen LogP) is 5.97. The Morgan fingerprint density at radius 2 is 1.75 bits per heavy atom.